The molecule has 0 bridgehead atoms. The Hall–Kier alpha value is -2.04. The number of carbonyl (C=O) groups is 2. The number of hydrogen-bond acceptors (Lipinski definition) is 3. The van der Waals surface area contributed by atoms with Crippen molar-refractivity contribution in [2.45, 2.75) is 39.7 Å². The lowest BCUT2D eigenvalue weighted by molar-refractivity contribution is -0.135. The summed E-state index contributed by atoms with van der Waals surface area (Å²) >= 11 is 0. The predicted molar refractivity (Wildman–Crippen MR) is 84.7 cm³/mol. The van der Waals surface area contributed by atoms with E-state index < -0.39 is 6.04 Å². The minimum atomic E-state index is -0.488. The molecule has 1 aromatic carbocycles. The minimum absolute atomic E-state index is 0.0442. The zero-order valence-corrected chi connectivity index (χ0v) is 13.1. The van der Waals surface area contributed by atoms with E-state index in [2.05, 4.69) is 5.32 Å². The van der Waals surface area contributed by atoms with E-state index in [1.165, 1.54) is 0 Å². The summed E-state index contributed by atoms with van der Waals surface area (Å²) in [6.45, 7) is 6.88. The van der Waals surface area contributed by atoms with E-state index in [1.54, 1.807) is 11.8 Å². The number of anilines is 1. The lowest BCUT2D eigenvalue weighted by atomic mass is 10.1. The Kier molecular flexibility index (Phi) is 6.72. The molecular formula is C16H25N3O2. The largest absolute Gasteiger partial charge is 0.399 e. The van der Waals surface area contributed by atoms with Gasteiger partial charge < -0.3 is 16.0 Å². The van der Waals surface area contributed by atoms with Crippen LogP contribution in [0.2, 0.25) is 0 Å². The number of likely N-dealkylation sites (N-methyl/N-ethyl adjacent to an activating group) is 1. The maximum atomic E-state index is 12.1. The van der Waals surface area contributed by atoms with Crippen LogP contribution in [0.3, 0.4) is 0 Å². The van der Waals surface area contributed by atoms with Gasteiger partial charge in [0.15, 0.2) is 0 Å². The third-order valence-electron chi connectivity index (χ3n) is 3.41. The fourth-order valence-electron chi connectivity index (χ4n) is 2.19. The molecule has 0 fully saturated rings. The zero-order chi connectivity index (χ0) is 15.8. The molecule has 1 atom stereocenters. The molecule has 1 unspecified atom stereocenters. The number of nitrogens with zero attached hydrogens (tertiary/aromatic N) is 1. The van der Waals surface area contributed by atoms with Crippen LogP contribution in [0, 0.1) is 0 Å². The molecule has 0 aliphatic heterocycles. The normalized spacial score (nSPS) is 11.8. The molecular weight excluding hydrogens is 266 g/mol. The Bertz CT molecular complexity index is 484. The number of nitrogens with two attached hydrogens (primary N) is 1. The van der Waals surface area contributed by atoms with Crippen molar-refractivity contribution in [2.75, 3.05) is 18.8 Å². The van der Waals surface area contributed by atoms with Crippen molar-refractivity contribution in [3.8, 4) is 0 Å². The number of amides is 2. The van der Waals surface area contributed by atoms with Crippen molar-refractivity contribution in [2.24, 2.45) is 0 Å². The topological polar surface area (TPSA) is 75.4 Å². The first-order valence-electron chi connectivity index (χ1n) is 7.40. The molecule has 0 aromatic heterocycles. The summed E-state index contributed by atoms with van der Waals surface area (Å²) in [4.78, 5) is 25.7. The molecule has 1 aromatic rings. The Morgan fingerprint density at radius 3 is 2.52 bits per heavy atom. The summed E-state index contributed by atoms with van der Waals surface area (Å²) in [5, 5.41) is 2.75. The number of aryl methyl sites for hydroxylation is 1. The van der Waals surface area contributed by atoms with E-state index in [9.17, 15) is 9.59 Å². The maximum Gasteiger partial charge on any atom is 0.244 e. The summed E-state index contributed by atoms with van der Waals surface area (Å²) in [5.74, 6) is -0.164. The lowest BCUT2D eigenvalue weighted by Crippen LogP contribution is -2.46. The maximum absolute atomic E-state index is 12.1. The highest BCUT2D eigenvalue weighted by Crippen LogP contribution is 2.08. The number of nitrogens with one attached hydrogen (secondary N) is 1. The van der Waals surface area contributed by atoms with Crippen molar-refractivity contribution in [1.82, 2.24) is 10.2 Å². The van der Waals surface area contributed by atoms with Gasteiger partial charge in [-0.05, 0) is 44.9 Å². The monoisotopic (exact) mass is 291 g/mol. The Balaban J connectivity index is 2.44. The molecule has 2 amide bonds. The van der Waals surface area contributed by atoms with Gasteiger partial charge in [-0.25, -0.2) is 0 Å². The van der Waals surface area contributed by atoms with Gasteiger partial charge in [-0.15, -0.1) is 0 Å². The summed E-state index contributed by atoms with van der Waals surface area (Å²) in [6.07, 6.45) is 0.961. The van der Waals surface area contributed by atoms with Gasteiger partial charge in [0.2, 0.25) is 11.8 Å². The molecule has 0 saturated heterocycles. The number of carbonyl (C=O) groups excluding carboxylic acids is 2. The third-order valence-corrected chi connectivity index (χ3v) is 3.41. The predicted octanol–water partition coefficient (Wildman–Crippen LogP) is 1.57. The van der Waals surface area contributed by atoms with Crippen LogP contribution in [-0.2, 0) is 16.0 Å². The van der Waals surface area contributed by atoms with Crippen LogP contribution in [0.25, 0.3) is 0 Å². The first-order valence-corrected chi connectivity index (χ1v) is 7.40. The smallest absolute Gasteiger partial charge is 0.244 e. The van der Waals surface area contributed by atoms with Crippen molar-refractivity contribution >= 4 is 17.5 Å². The SMILES string of the molecule is CCN(CC)C(=O)C(C)NC(=O)CCc1cccc(N)c1. The average molecular weight is 291 g/mol. The molecule has 0 saturated carbocycles. The quantitative estimate of drug-likeness (QED) is 0.749. The van der Waals surface area contributed by atoms with E-state index in [1.807, 2.05) is 38.1 Å². The molecule has 0 aliphatic rings. The van der Waals surface area contributed by atoms with Crippen molar-refractivity contribution < 1.29 is 9.59 Å². The van der Waals surface area contributed by atoms with Crippen molar-refractivity contribution in [3.05, 3.63) is 29.8 Å². The Morgan fingerprint density at radius 1 is 1.29 bits per heavy atom. The van der Waals surface area contributed by atoms with E-state index in [-0.39, 0.29) is 11.8 Å². The van der Waals surface area contributed by atoms with Gasteiger partial charge in [0, 0.05) is 25.2 Å². The first kappa shape index (κ1) is 17.0. The van der Waals surface area contributed by atoms with Crippen LogP contribution in [0.15, 0.2) is 24.3 Å². The minimum Gasteiger partial charge on any atom is -0.399 e. The van der Waals surface area contributed by atoms with Gasteiger partial charge in [-0.2, -0.15) is 0 Å². The van der Waals surface area contributed by atoms with E-state index in [4.69, 9.17) is 5.73 Å². The molecule has 21 heavy (non-hydrogen) atoms. The number of hydrogen-bond donors (Lipinski definition) is 2. The second-order valence-corrected chi connectivity index (χ2v) is 5.04. The number of benzene rings is 1. The highest BCUT2D eigenvalue weighted by atomic mass is 16.2. The van der Waals surface area contributed by atoms with Crippen LogP contribution in [0.1, 0.15) is 32.8 Å². The van der Waals surface area contributed by atoms with Crippen LogP contribution >= 0.6 is 0 Å². The average Bonchev–Trinajstić information content (AvgIpc) is 2.46. The molecule has 5 heteroatoms. The highest BCUT2D eigenvalue weighted by molar-refractivity contribution is 5.87. The van der Waals surface area contributed by atoms with E-state index in [0.29, 0.717) is 31.6 Å². The van der Waals surface area contributed by atoms with Crippen molar-refractivity contribution in [3.63, 3.8) is 0 Å². The van der Waals surface area contributed by atoms with Gasteiger partial charge in [0.05, 0.1) is 0 Å². The molecule has 0 radical (unpaired) electrons. The summed E-state index contributed by atoms with van der Waals surface area (Å²) in [6, 6.07) is 6.99. The standard InChI is InChI=1S/C16H25N3O2/c1-4-19(5-2)16(21)12(3)18-15(20)10-9-13-7-6-8-14(17)11-13/h6-8,11-12H,4-5,9-10,17H2,1-3H3,(H,18,20). The van der Waals surface area contributed by atoms with Crippen LogP contribution in [0.4, 0.5) is 5.69 Å². The number of nitrogen functional groups attached to an aromatic ring is 1. The lowest BCUT2D eigenvalue weighted by Gasteiger charge is -2.23. The third kappa shape index (κ3) is 5.45. The van der Waals surface area contributed by atoms with E-state index in [0.717, 1.165) is 5.56 Å². The summed E-state index contributed by atoms with van der Waals surface area (Å²) < 4.78 is 0. The zero-order valence-electron chi connectivity index (χ0n) is 13.1. The number of rotatable bonds is 7. The van der Waals surface area contributed by atoms with Gasteiger partial charge in [0.25, 0.3) is 0 Å². The Labute approximate surface area is 126 Å². The van der Waals surface area contributed by atoms with Gasteiger partial charge in [0.1, 0.15) is 6.04 Å². The van der Waals surface area contributed by atoms with Crippen LogP contribution in [0.5, 0.6) is 0 Å². The highest BCUT2D eigenvalue weighted by Gasteiger charge is 2.19. The van der Waals surface area contributed by atoms with Crippen molar-refractivity contribution in [1.29, 1.82) is 0 Å². The van der Waals surface area contributed by atoms with Gasteiger partial charge in [-0.1, -0.05) is 12.1 Å². The molecule has 5 nitrogen and oxygen atoms in total. The van der Waals surface area contributed by atoms with Crippen LogP contribution < -0.4 is 11.1 Å². The molecule has 3 N–H and O–H groups in total. The first-order chi connectivity index (χ1) is 9.97. The fourth-order valence-corrected chi connectivity index (χ4v) is 2.19. The van der Waals surface area contributed by atoms with Crippen LogP contribution in [-0.4, -0.2) is 35.8 Å². The fraction of sp³-hybridized carbons (Fsp3) is 0.500. The van der Waals surface area contributed by atoms with E-state index >= 15 is 0 Å². The molecule has 0 aliphatic carbocycles. The second-order valence-electron chi connectivity index (χ2n) is 5.04. The summed E-state index contributed by atoms with van der Waals surface area (Å²) in [5.41, 5.74) is 7.41. The Morgan fingerprint density at radius 2 is 1.95 bits per heavy atom. The molecule has 0 spiro atoms. The molecule has 0 heterocycles. The molecule has 1 rings (SSSR count). The molecule has 116 valence electrons. The summed E-state index contributed by atoms with van der Waals surface area (Å²) in [7, 11) is 0. The van der Waals surface area contributed by atoms with Gasteiger partial charge in [-0.3, -0.25) is 9.59 Å². The van der Waals surface area contributed by atoms with Gasteiger partial charge >= 0.3 is 0 Å². The second kappa shape index (κ2) is 8.29.